The molecule has 0 aliphatic rings. The third-order valence-electron chi connectivity index (χ3n) is 3.73. The van der Waals surface area contributed by atoms with E-state index < -0.39 is 0 Å². The predicted octanol–water partition coefficient (Wildman–Crippen LogP) is 3.76. The summed E-state index contributed by atoms with van der Waals surface area (Å²) in [6.07, 6.45) is 6.32. The number of unbranched alkanes of at least 4 members (excludes halogenated alkanes) is 2. The van der Waals surface area contributed by atoms with E-state index in [0.29, 0.717) is 18.1 Å². The maximum Gasteiger partial charge on any atom is 0.271 e. The quantitative estimate of drug-likeness (QED) is 0.764. The summed E-state index contributed by atoms with van der Waals surface area (Å²) in [7, 11) is 0. The molecule has 5 heteroatoms. The molecule has 122 valence electrons. The van der Waals surface area contributed by atoms with Crippen molar-refractivity contribution in [3.05, 3.63) is 47.4 Å². The SMILES string of the molecule is CCCCCNC(=O)c1cnc(Nc2ccc(C)c(C)c2)cn1. The van der Waals surface area contributed by atoms with E-state index in [1.807, 2.05) is 6.07 Å². The Labute approximate surface area is 137 Å². The van der Waals surface area contributed by atoms with Gasteiger partial charge in [-0.2, -0.15) is 0 Å². The van der Waals surface area contributed by atoms with Crippen molar-refractivity contribution in [2.45, 2.75) is 40.0 Å². The van der Waals surface area contributed by atoms with Gasteiger partial charge in [0.2, 0.25) is 0 Å². The van der Waals surface area contributed by atoms with E-state index in [-0.39, 0.29) is 5.91 Å². The summed E-state index contributed by atoms with van der Waals surface area (Å²) < 4.78 is 0. The standard InChI is InChI=1S/C18H24N4O/c1-4-5-6-9-19-18(23)16-11-21-17(12-20-16)22-15-8-7-13(2)14(3)10-15/h7-8,10-12H,4-6,9H2,1-3H3,(H,19,23)(H,21,22). The second kappa shape index (κ2) is 8.27. The fraction of sp³-hybridized carbons (Fsp3) is 0.389. The van der Waals surface area contributed by atoms with Crippen molar-refractivity contribution in [2.75, 3.05) is 11.9 Å². The molecule has 0 bridgehead atoms. The van der Waals surface area contributed by atoms with E-state index in [1.54, 1.807) is 6.20 Å². The minimum Gasteiger partial charge on any atom is -0.351 e. The van der Waals surface area contributed by atoms with Crippen molar-refractivity contribution < 1.29 is 4.79 Å². The fourth-order valence-corrected chi connectivity index (χ4v) is 2.14. The van der Waals surface area contributed by atoms with E-state index in [9.17, 15) is 4.79 Å². The van der Waals surface area contributed by atoms with Crippen LogP contribution in [0.25, 0.3) is 0 Å². The van der Waals surface area contributed by atoms with Crippen LogP contribution in [0.15, 0.2) is 30.6 Å². The molecule has 2 aromatic rings. The highest BCUT2D eigenvalue weighted by Gasteiger charge is 2.07. The highest BCUT2D eigenvalue weighted by molar-refractivity contribution is 5.92. The summed E-state index contributed by atoms with van der Waals surface area (Å²) in [5, 5.41) is 6.05. The molecule has 1 amide bonds. The number of rotatable bonds is 7. The third-order valence-corrected chi connectivity index (χ3v) is 3.73. The van der Waals surface area contributed by atoms with Crippen LogP contribution < -0.4 is 10.6 Å². The zero-order valence-electron chi connectivity index (χ0n) is 14.0. The molecule has 0 radical (unpaired) electrons. The first-order valence-corrected chi connectivity index (χ1v) is 8.04. The van der Waals surface area contributed by atoms with Crippen LogP contribution in [-0.2, 0) is 0 Å². The highest BCUT2D eigenvalue weighted by atomic mass is 16.1. The van der Waals surface area contributed by atoms with Gasteiger partial charge in [-0.25, -0.2) is 9.97 Å². The molecule has 0 saturated carbocycles. The summed E-state index contributed by atoms with van der Waals surface area (Å²) in [6.45, 7) is 6.95. The molecule has 0 fully saturated rings. The van der Waals surface area contributed by atoms with Crippen LogP contribution in [0, 0.1) is 13.8 Å². The van der Waals surface area contributed by atoms with Crippen LogP contribution in [0.4, 0.5) is 11.5 Å². The molecule has 0 spiro atoms. The number of benzene rings is 1. The van der Waals surface area contributed by atoms with Gasteiger partial charge in [0.1, 0.15) is 11.5 Å². The average molecular weight is 312 g/mol. The Kier molecular flexibility index (Phi) is 6.09. The number of anilines is 2. The van der Waals surface area contributed by atoms with E-state index >= 15 is 0 Å². The van der Waals surface area contributed by atoms with Crippen molar-refractivity contribution in [1.82, 2.24) is 15.3 Å². The second-order valence-electron chi connectivity index (χ2n) is 5.67. The van der Waals surface area contributed by atoms with Gasteiger partial charge in [-0.05, 0) is 43.5 Å². The molecule has 23 heavy (non-hydrogen) atoms. The van der Waals surface area contributed by atoms with Crippen LogP contribution in [0.5, 0.6) is 0 Å². The van der Waals surface area contributed by atoms with Crippen molar-refractivity contribution in [3.63, 3.8) is 0 Å². The monoisotopic (exact) mass is 312 g/mol. The number of nitrogens with one attached hydrogen (secondary N) is 2. The number of carbonyl (C=O) groups excluding carboxylic acids is 1. The summed E-state index contributed by atoms with van der Waals surface area (Å²) >= 11 is 0. The Bertz CT molecular complexity index is 653. The van der Waals surface area contributed by atoms with Gasteiger partial charge in [0.05, 0.1) is 12.4 Å². The molecular weight excluding hydrogens is 288 g/mol. The normalized spacial score (nSPS) is 10.4. The number of carbonyl (C=O) groups is 1. The molecule has 1 aromatic heterocycles. The highest BCUT2D eigenvalue weighted by Crippen LogP contribution is 2.17. The maximum absolute atomic E-state index is 11.9. The molecule has 2 N–H and O–H groups in total. The Morgan fingerprint density at radius 1 is 1.09 bits per heavy atom. The van der Waals surface area contributed by atoms with Crippen molar-refractivity contribution in [2.24, 2.45) is 0 Å². The first-order valence-electron chi connectivity index (χ1n) is 8.04. The fourth-order valence-electron chi connectivity index (χ4n) is 2.14. The molecule has 0 aliphatic carbocycles. The van der Waals surface area contributed by atoms with E-state index in [4.69, 9.17) is 0 Å². The average Bonchev–Trinajstić information content (AvgIpc) is 2.55. The molecule has 2 rings (SSSR count). The number of hydrogen-bond acceptors (Lipinski definition) is 4. The van der Waals surface area contributed by atoms with E-state index in [0.717, 1.165) is 24.9 Å². The topological polar surface area (TPSA) is 66.9 Å². The van der Waals surface area contributed by atoms with Gasteiger partial charge >= 0.3 is 0 Å². The van der Waals surface area contributed by atoms with E-state index in [2.05, 4.69) is 53.5 Å². The lowest BCUT2D eigenvalue weighted by Crippen LogP contribution is -2.25. The van der Waals surface area contributed by atoms with Crippen LogP contribution in [0.3, 0.4) is 0 Å². The smallest absolute Gasteiger partial charge is 0.271 e. The van der Waals surface area contributed by atoms with Gasteiger partial charge in [-0.3, -0.25) is 4.79 Å². The van der Waals surface area contributed by atoms with Crippen LogP contribution >= 0.6 is 0 Å². The molecule has 0 atom stereocenters. The summed E-state index contributed by atoms with van der Waals surface area (Å²) in [5.74, 6) is 0.446. The van der Waals surface area contributed by atoms with Crippen LogP contribution in [0.2, 0.25) is 0 Å². The van der Waals surface area contributed by atoms with Crippen molar-refractivity contribution in [1.29, 1.82) is 0 Å². The summed E-state index contributed by atoms with van der Waals surface area (Å²) in [6, 6.07) is 6.12. The van der Waals surface area contributed by atoms with Crippen molar-refractivity contribution >= 4 is 17.4 Å². The zero-order valence-corrected chi connectivity index (χ0v) is 14.0. The lowest BCUT2D eigenvalue weighted by atomic mass is 10.1. The van der Waals surface area contributed by atoms with Gasteiger partial charge in [-0.1, -0.05) is 25.8 Å². The molecular formula is C18H24N4O. The molecule has 1 aromatic carbocycles. The van der Waals surface area contributed by atoms with E-state index in [1.165, 1.54) is 17.3 Å². The Morgan fingerprint density at radius 2 is 1.91 bits per heavy atom. The number of aromatic nitrogens is 2. The molecule has 1 heterocycles. The molecule has 0 unspecified atom stereocenters. The van der Waals surface area contributed by atoms with Gasteiger partial charge in [0.25, 0.3) is 5.91 Å². The minimum absolute atomic E-state index is 0.175. The lowest BCUT2D eigenvalue weighted by molar-refractivity contribution is 0.0947. The van der Waals surface area contributed by atoms with Gasteiger partial charge < -0.3 is 10.6 Å². The number of aryl methyl sites for hydroxylation is 2. The van der Waals surface area contributed by atoms with Gasteiger partial charge in [-0.15, -0.1) is 0 Å². The van der Waals surface area contributed by atoms with Crippen molar-refractivity contribution in [3.8, 4) is 0 Å². The molecule has 5 nitrogen and oxygen atoms in total. The van der Waals surface area contributed by atoms with Crippen LogP contribution in [-0.4, -0.2) is 22.4 Å². The van der Waals surface area contributed by atoms with Gasteiger partial charge in [0.15, 0.2) is 0 Å². The van der Waals surface area contributed by atoms with Crippen LogP contribution in [0.1, 0.15) is 47.8 Å². The zero-order chi connectivity index (χ0) is 16.7. The predicted molar refractivity (Wildman–Crippen MR) is 93.1 cm³/mol. The van der Waals surface area contributed by atoms with Gasteiger partial charge in [0, 0.05) is 12.2 Å². The molecule has 0 saturated heterocycles. The Hall–Kier alpha value is -2.43. The summed E-state index contributed by atoms with van der Waals surface area (Å²) in [5.41, 5.74) is 3.76. The Balaban J connectivity index is 1.93. The second-order valence-corrected chi connectivity index (χ2v) is 5.67. The maximum atomic E-state index is 11.9. The lowest BCUT2D eigenvalue weighted by Gasteiger charge is -2.08. The first-order chi connectivity index (χ1) is 11.1. The summed E-state index contributed by atoms with van der Waals surface area (Å²) in [4.78, 5) is 20.4. The number of nitrogens with zero attached hydrogens (tertiary/aromatic N) is 2. The first kappa shape index (κ1) is 16.9. The molecule has 0 aliphatic heterocycles. The number of amides is 1. The third kappa shape index (κ3) is 5.06. The number of hydrogen-bond donors (Lipinski definition) is 2. The largest absolute Gasteiger partial charge is 0.351 e. The minimum atomic E-state index is -0.175. The Morgan fingerprint density at radius 3 is 2.57 bits per heavy atom.